The van der Waals surface area contributed by atoms with Crippen molar-refractivity contribution in [3.05, 3.63) is 52.6 Å². The van der Waals surface area contributed by atoms with Crippen molar-refractivity contribution in [1.82, 2.24) is 4.98 Å². The molecule has 1 heterocycles. The molecule has 112 valence electrons. The molecule has 0 saturated carbocycles. The molecule has 0 atom stereocenters. The van der Waals surface area contributed by atoms with Crippen molar-refractivity contribution in [2.24, 2.45) is 5.73 Å². The molecule has 2 rings (SSSR count). The van der Waals surface area contributed by atoms with Crippen molar-refractivity contribution in [2.45, 2.75) is 13.0 Å². The Hall–Kier alpha value is -1.59. The summed E-state index contributed by atoms with van der Waals surface area (Å²) < 4.78 is 6.17. The Labute approximate surface area is 134 Å². The summed E-state index contributed by atoms with van der Waals surface area (Å²) in [5.41, 5.74) is 6.86. The number of methoxy groups -OCH3 is 1. The molecule has 0 fully saturated rings. The molecule has 1 aromatic carbocycles. The quantitative estimate of drug-likeness (QED) is 0.833. The minimum Gasteiger partial charge on any atom is -0.497 e. The van der Waals surface area contributed by atoms with Crippen molar-refractivity contribution < 1.29 is 4.74 Å². The molecule has 4 nitrogen and oxygen atoms in total. The van der Waals surface area contributed by atoms with Crippen molar-refractivity contribution in [2.75, 3.05) is 25.1 Å². The zero-order valence-electron chi connectivity index (χ0n) is 12.1. The van der Waals surface area contributed by atoms with Gasteiger partial charge >= 0.3 is 0 Å². The van der Waals surface area contributed by atoms with E-state index >= 15 is 0 Å². The number of rotatable bonds is 7. The number of pyridine rings is 1. The highest BCUT2D eigenvalue weighted by Crippen LogP contribution is 2.19. The second-order valence-corrected chi connectivity index (χ2v) is 5.66. The summed E-state index contributed by atoms with van der Waals surface area (Å²) in [6, 6.07) is 12.1. The van der Waals surface area contributed by atoms with E-state index in [0.29, 0.717) is 6.54 Å². The smallest absolute Gasteiger partial charge is 0.128 e. The lowest BCUT2D eigenvalue weighted by Gasteiger charge is -2.23. The molecular weight excluding hydrogens is 330 g/mol. The number of benzene rings is 1. The first-order valence-corrected chi connectivity index (χ1v) is 7.71. The van der Waals surface area contributed by atoms with Crippen molar-refractivity contribution in [3.8, 4) is 5.75 Å². The molecule has 1 aromatic heterocycles. The lowest BCUT2D eigenvalue weighted by molar-refractivity contribution is 0.414. The van der Waals surface area contributed by atoms with Gasteiger partial charge in [-0.15, -0.1) is 0 Å². The van der Waals surface area contributed by atoms with Crippen LogP contribution < -0.4 is 15.4 Å². The van der Waals surface area contributed by atoms with Gasteiger partial charge in [0, 0.05) is 23.8 Å². The molecule has 21 heavy (non-hydrogen) atoms. The number of hydrogen-bond donors (Lipinski definition) is 1. The van der Waals surface area contributed by atoms with Gasteiger partial charge in [0.2, 0.25) is 0 Å². The first kappa shape index (κ1) is 15.8. The van der Waals surface area contributed by atoms with E-state index in [1.54, 1.807) is 7.11 Å². The van der Waals surface area contributed by atoms with Crippen LogP contribution in [0.15, 0.2) is 47.1 Å². The SMILES string of the molecule is COc1ccc(CN(CCCN)c2ccc(Br)cn2)cc1. The summed E-state index contributed by atoms with van der Waals surface area (Å²) >= 11 is 3.42. The van der Waals surface area contributed by atoms with Gasteiger partial charge in [-0.05, 0) is 58.7 Å². The number of anilines is 1. The second kappa shape index (κ2) is 8.00. The molecule has 0 amide bonds. The average molecular weight is 350 g/mol. The largest absolute Gasteiger partial charge is 0.497 e. The summed E-state index contributed by atoms with van der Waals surface area (Å²) in [6.45, 7) is 2.37. The van der Waals surface area contributed by atoms with Crippen LogP contribution >= 0.6 is 15.9 Å². The minimum absolute atomic E-state index is 0.676. The fourth-order valence-corrected chi connectivity index (χ4v) is 2.30. The molecule has 0 radical (unpaired) electrons. The maximum Gasteiger partial charge on any atom is 0.128 e. The van der Waals surface area contributed by atoms with Crippen LogP contribution in [0.25, 0.3) is 0 Å². The third kappa shape index (κ3) is 4.72. The molecule has 0 unspecified atom stereocenters. The molecule has 2 aromatic rings. The number of nitrogens with two attached hydrogens (primary N) is 1. The Morgan fingerprint density at radius 1 is 1.19 bits per heavy atom. The van der Waals surface area contributed by atoms with Crippen LogP contribution in [0.3, 0.4) is 0 Å². The molecule has 0 saturated heterocycles. The zero-order valence-corrected chi connectivity index (χ0v) is 13.7. The summed E-state index contributed by atoms with van der Waals surface area (Å²) in [6.07, 6.45) is 2.76. The highest BCUT2D eigenvalue weighted by atomic mass is 79.9. The number of nitrogens with zero attached hydrogens (tertiary/aromatic N) is 2. The zero-order chi connectivity index (χ0) is 15.1. The van der Waals surface area contributed by atoms with Crippen molar-refractivity contribution in [1.29, 1.82) is 0 Å². The van der Waals surface area contributed by atoms with Gasteiger partial charge in [-0.25, -0.2) is 4.98 Å². The van der Waals surface area contributed by atoms with Gasteiger partial charge in [0.15, 0.2) is 0 Å². The highest BCUT2D eigenvalue weighted by molar-refractivity contribution is 9.10. The first-order chi connectivity index (χ1) is 10.2. The second-order valence-electron chi connectivity index (χ2n) is 4.75. The summed E-state index contributed by atoms with van der Waals surface area (Å²) in [5.74, 6) is 1.83. The minimum atomic E-state index is 0.676. The Morgan fingerprint density at radius 3 is 2.52 bits per heavy atom. The van der Waals surface area contributed by atoms with E-state index in [2.05, 4.69) is 37.9 Å². The van der Waals surface area contributed by atoms with Gasteiger partial charge in [-0.1, -0.05) is 12.1 Å². The van der Waals surface area contributed by atoms with Gasteiger partial charge in [-0.2, -0.15) is 0 Å². The van der Waals surface area contributed by atoms with Crippen LogP contribution in [0.4, 0.5) is 5.82 Å². The molecular formula is C16H20BrN3O. The predicted molar refractivity (Wildman–Crippen MR) is 89.7 cm³/mol. The fraction of sp³-hybridized carbons (Fsp3) is 0.312. The van der Waals surface area contributed by atoms with E-state index in [0.717, 1.165) is 35.6 Å². The van der Waals surface area contributed by atoms with Crippen LogP contribution in [0.1, 0.15) is 12.0 Å². The number of ether oxygens (including phenoxy) is 1. The Bertz CT molecular complexity index is 542. The number of halogens is 1. The van der Waals surface area contributed by atoms with Crippen LogP contribution in [-0.2, 0) is 6.54 Å². The standard InChI is InChI=1S/C16H20BrN3O/c1-21-15-6-3-13(4-7-15)12-20(10-2-9-18)16-8-5-14(17)11-19-16/h3-8,11H,2,9-10,12,18H2,1H3. The molecule has 5 heteroatoms. The van der Waals surface area contributed by atoms with E-state index in [9.17, 15) is 0 Å². The maximum atomic E-state index is 5.64. The molecule has 0 bridgehead atoms. The summed E-state index contributed by atoms with van der Waals surface area (Å²) in [5, 5.41) is 0. The normalized spacial score (nSPS) is 10.4. The van der Waals surface area contributed by atoms with E-state index in [1.807, 2.05) is 30.5 Å². The summed E-state index contributed by atoms with van der Waals surface area (Å²) in [7, 11) is 1.67. The monoisotopic (exact) mass is 349 g/mol. The van der Waals surface area contributed by atoms with Crippen LogP contribution in [0, 0.1) is 0 Å². The third-order valence-electron chi connectivity index (χ3n) is 3.20. The maximum absolute atomic E-state index is 5.64. The Kier molecular flexibility index (Phi) is 6.02. The lowest BCUT2D eigenvalue weighted by Crippen LogP contribution is -2.26. The highest BCUT2D eigenvalue weighted by Gasteiger charge is 2.08. The van der Waals surface area contributed by atoms with Crippen LogP contribution in [-0.4, -0.2) is 25.2 Å². The average Bonchev–Trinajstić information content (AvgIpc) is 2.53. The van der Waals surface area contributed by atoms with Gasteiger partial charge < -0.3 is 15.4 Å². The lowest BCUT2D eigenvalue weighted by atomic mass is 10.2. The van der Waals surface area contributed by atoms with Gasteiger partial charge in [0.05, 0.1) is 7.11 Å². The van der Waals surface area contributed by atoms with E-state index in [-0.39, 0.29) is 0 Å². The molecule has 0 spiro atoms. The van der Waals surface area contributed by atoms with E-state index in [1.165, 1.54) is 5.56 Å². The van der Waals surface area contributed by atoms with Crippen molar-refractivity contribution >= 4 is 21.7 Å². The molecule has 0 aliphatic carbocycles. The van der Waals surface area contributed by atoms with Crippen LogP contribution in [0.5, 0.6) is 5.75 Å². The van der Waals surface area contributed by atoms with Gasteiger partial charge in [0.1, 0.15) is 11.6 Å². The van der Waals surface area contributed by atoms with Crippen molar-refractivity contribution in [3.63, 3.8) is 0 Å². The van der Waals surface area contributed by atoms with Gasteiger partial charge in [-0.3, -0.25) is 0 Å². The topological polar surface area (TPSA) is 51.4 Å². The molecule has 0 aliphatic heterocycles. The number of aromatic nitrogens is 1. The van der Waals surface area contributed by atoms with Gasteiger partial charge in [0.25, 0.3) is 0 Å². The molecule has 0 aliphatic rings. The predicted octanol–water partition coefficient (Wildman–Crippen LogP) is 3.21. The van der Waals surface area contributed by atoms with Crippen LogP contribution in [0.2, 0.25) is 0 Å². The summed E-state index contributed by atoms with van der Waals surface area (Å²) in [4.78, 5) is 6.71. The van der Waals surface area contributed by atoms with E-state index in [4.69, 9.17) is 10.5 Å². The third-order valence-corrected chi connectivity index (χ3v) is 3.67. The Balaban J connectivity index is 2.13. The Morgan fingerprint density at radius 2 is 1.95 bits per heavy atom. The fourth-order valence-electron chi connectivity index (χ4n) is 2.06. The number of hydrogen-bond acceptors (Lipinski definition) is 4. The molecule has 2 N–H and O–H groups in total. The first-order valence-electron chi connectivity index (χ1n) is 6.92. The van der Waals surface area contributed by atoms with E-state index < -0.39 is 0 Å².